The van der Waals surface area contributed by atoms with Crippen LogP contribution < -0.4 is 29.8 Å². The van der Waals surface area contributed by atoms with Gasteiger partial charge in [-0.1, -0.05) is 0 Å². The molecule has 9 heteroatoms. The van der Waals surface area contributed by atoms with Crippen LogP contribution in [0.4, 0.5) is 5.69 Å². The number of fused-ring (bicyclic) bond motifs is 2. The highest BCUT2D eigenvalue weighted by molar-refractivity contribution is 5.93. The maximum absolute atomic E-state index is 12.9. The predicted octanol–water partition coefficient (Wildman–Crippen LogP) is 2.65. The molecule has 3 heterocycles. The molecule has 164 valence electrons. The van der Waals surface area contributed by atoms with Crippen LogP contribution in [0.3, 0.4) is 0 Å². The van der Waals surface area contributed by atoms with Crippen molar-refractivity contribution >= 4 is 11.6 Å². The zero-order chi connectivity index (χ0) is 22.1. The van der Waals surface area contributed by atoms with Crippen molar-refractivity contribution in [2.75, 3.05) is 31.7 Å². The smallest absolute Gasteiger partial charge is 0.267 e. The van der Waals surface area contributed by atoms with Gasteiger partial charge in [-0.15, -0.1) is 0 Å². The van der Waals surface area contributed by atoms with Crippen LogP contribution in [-0.4, -0.2) is 42.1 Å². The molecular weight excluding hydrogens is 414 g/mol. The molecule has 0 saturated heterocycles. The van der Waals surface area contributed by atoms with Crippen LogP contribution in [0.5, 0.6) is 23.0 Å². The second-order valence-corrected chi connectivity index (χ2v) is 7.38. The summed E-state index contributed by atoms with van der Waals surface area (Å²) >= 11 is 0. The molecule has 0 saturated carbocycles. The van der Waals surface area contributed by atoms with Gasteiger partial charge in [-0.25, -0.2) is 4.68 Å². The number of hydrogen-bond acceptors (Lipinski definition) is 7. The number of carbonyl (C=O) groups is 1. The first kappa shape index (κ1) is 19.9. The summed E-state index contributed by atoms with van der Waals surface area (Å²) in [6.07, 6.45) is 0. The molecule has 1 aromatic heterocycles. The molecular formula is C23H21N3O6. The van der Waals surface area contributed by atoms with Gasteiger partial charge in [0.2, 0.25) is 5.91 Å². The van der Waals surface area contributed by atoms with Gasteiger partial charge in [0.05, 0.1) is 5.69 Å². The van der Waals surface area contributed by atoms with Crippen LogP contribution in [-0.2, 0) is 4.79 Å². The van der Waals surface area contributed by atoms with Crippen LogP contribution in [0, 0.1) is 0 Å². The molecule has 2 aliphatic rings. The summed E-state index contributed by atoms with van der Waals surface area (Å²) in [7, 11) is 0. The highest BCUT2D eigenvalue weighted by atomic mass is 16.6. The Morgan fingerprint density at radius 3 is 2.22 bits per heavy atom. The van der Waals surface area contributed by atoms with Gasteiger partial charge in [-0.3, -0.25) is 9.59 Å². The highest BCUT2D eigenvalue weighted by Gasteiger charge is 2.20. The third-order valence-corrected chi connectivity index (χ3v) is 5.22. The van der Waals surface area contributed by atoms with Gasteiger partial charge >= 0.3 is 0 Å². The van der Waals surface area contributed by atoms with E-state index in [2.05, 4.69) is 10.4 Å². The minimum Gasteiger partial charge on any atom is -0.486 e. The van der Waals surface area contributed by atoms with Crippen molar-refractivity contribution < 1.29 is 23.7 Å². The fourth-order valence-corrected chi connectivity index (χ4v) is 3.54. The second kappa shape index (κ2) is 8.26. The lowest BCUT2D eigenvalue weighted by Gasteiger charge is -2.20. The lowest BCUT2D eigenvalue weighted by Crippen LogP contribution is -2.33. The minimum atomic E-state index is -0.840. The molecule has 0 aliphatic carbocycles. The summed E-state index contributed by atoms with van der Waals surface area (Å²) in [6.45, 7) is 3.54. The highest BCUT2D eigenvalue weighted by Crippen LogP contribution is 2.34. The molecule has 9 nitrogen and oxygen atoms in total. The minimum absolute atomic E-state index is 0.379. The molecule has 0 fully saturated rings. The van der Waals surface area contributed by atoms with E-state index in [0.717, 1.165) is 5.56 Å². The first-order valence-corrected chi connectivity index (χ1v) is 10.3. The summed E-state index contributed by atoms with van der Waals surface area (Å²) in [5, 5.41) is 7.23. The molecule has 32 heavy (non-hydrogen) atoms. The fraction of sp³-hybridized carbons (Fsp3) is 0.261. The number of aromatic nitrogens is 2. The summed E-state index contributed by atoms with van der Waals surface area (Å²) in [4.78, 5) is 25.3. The van der Waals surface area contributed by atoms with Crippen molar-refractivity contribution in [2.45, 2.75) is 13.0 Å². The Morgan fingerprint density at radius 2 is 1.50 bits per heavy atom. The van der Waals surface area contributed by atoms with E-state index >= 15 is 0 Å². The van der Waals surface area contributed by atoms with Crippen molar-refractivity contribution in [3.05, 3.63) is 58.9 Å². The molecule has 3 aromatic rings. The normalized spacial score (nSPS) is 15.0. The van der Waals surface area contributed by atoms with Gasteiger partial charge < -0.3 is 24.3 Å². The van der Waals surface area contributed by atoms with Gasteiger partial charge in [0.15, 0.2) is 23.0 Å². The topological polar surface area (TPSA) is 101 Å². The van der Waals surface area contributed by atoms with Crippen LogP contribution >= 0.6 is 0 Å². The number of ether oxygens (including phenoxy) is 4. The number of carbonyl (C=O) groups excluding carboxylic acids is 1. The Bertz CT molecular complexity index is 1240. The Hall–Kier alpha value is -4.01. The standard InChI is InChI=1S/C23H21N3O6/c1-14(23(28)24-16-3-6-19-21(13-16)32-11-9-30-19)26-22(27)7-4-17(25-26)15-2-5-18-20(12-15)31-10-8-29-18/h2-7,12-14H,8-11H2,1H3,(H,24,28). The van der Waals surface area contributed by atoms with Crippen molar-refractivity contribution in [1.82, 2.24) is 9.78 Å². The second-order valence-electron chi connectivity index (χ2n) is 7.38. The molecule has 5 rings (SSSR count). The predicted molar refractivity (Wildman–Crippen MR) is 116 cm³/mol. The lowest BCUT2D eigenvalue weighted by molar-refractivity contribution is -0.119. The van der Waals surface area contributed by atoms with Crippen LogP contribution in [0.2, 0.25) is 0 Å². The number of rotatable bonds is 4. The quantitative estimate of drug-likeness (QED) is 0.672. The third-order valence-electron chi connectivity index (χ3n) is 5.22. The van der Waals surface area contributed by atoms with E-state index in [0.29, 0.717) is 60.8 Å². The Kier molecular flexibility index (Phi) is 5.14. The first-order valence-electron chi connectivity index (χ1n) is 10.3. The van der Waals surface area contributed by atoms with Gasteiger partial charge in [0.25, 0.3) is 5.56 Å². The molecule has 0 bridgehead atoms. The van der Waals surface area contributed by atoms with Crippen molar-refractivity contribution in [2.24, 2.45) is 0 Å². The summed E-state index contributed by atoms with van der Waals surface area (Å²) in [5.74, 6) is 2.11. The summed E-state index contributed by atoms with van der Waals surface area (Å²) in [6, 6.07) is 12.8. The molecule has 1 unspecified atom stereocenters. The van der Waals surface area contributed by atoms with E-state index in [1.807, 2.05) is 12.1 Å². The summed E-state index contributed by atoms with van der Waals surface area (Å²) in [5.41, 5.74) is 1.46. The molecule has 1 amide bonds. The third kappa shape index (κ3) is 3.84. The van der Waals surface area contributed by atoms with Gasteiger partial charge in [-0.2, -0.15) is 5.10 Å². The summed E-state index contributed by atoms with van der Waals surface area (Å²) < 4.78 is 23.4. The van der Waals surface area contributed by atoms with E-state index in [1.54, 1.807) is 37.3 Å². The number of benzene rings is 2. The van der Waals surface area contributed by atoms with E-state index in [9.17, 15) is 9.59 Å². The first-order chi connectivity index (χ1) is 15.6. The Balaban J connectivity index is 1.38. The van der Waals surface area contributed by atoms with E-state index in [4.69, 9.17) is 18.9 Å². The van der Waals surface area contributed by atoms with E-state index in [1.165, 1.54) is 10.7 Å². The largest absolute Gasteiger partial charge is 0.486 e. The fourth-order valence-electron chi connectivity index (χ4n) is 3.54. The number of hydrogen-bond donors (Lipinski definition) is 1. The maximum Gasteiger partial charge on any atom is 0.267 e. The van der Waals surface area contributed by atoms with Crippen LogP contribution in [0.25, 0.3) is 11.3 Å². The average molecular weight is 435 g/mol. The van der Waals surface area contributed by atoms with Crippen molar-refractivity contribution in [3.63, 3.8) is 0 Å². The number of amides is 1. The van der Waals surface area contributed by atoms with Gasteiger partial charge in [0.1, 0.15) is 32.5 Å². The lowest BCUT2D eigenvalue weighted by atomic mass is 10.1. The van der Waals surface area contributed by atoms with Crippen LogP contribution in [0.1, 0.15) is 13.0 Å². The maximum atomic E-state index is 12.9. The molecule has 2 aliphatic heterocycles. The zero-order valence-electron chi connectivity index (χ0n) is 17.4. The monoisotopic (exact) mass is 435 g/mol. The number of anilines is 1. The van der Waals surface area contributed by atoms with Gasteiger partial charge in [-0.05, 0) is 43.3 Å². The van der Waals surface area contributed by atoms with E-state index in [-0.39, 0.29) is 11.5 Å². The molecule has 1 N–H and O–H groups in total. The van der Waals surface area contributed by atoms with Gasteiger partial charge in [0, 0.05) is 23.4 Å². The van der Waals surface area contributed by atoms with Crippen molar-refractivity contribution in [3.8, 4) is 34.3 Å². The van der Waals surface area contributed by atoms with Crippen LogP contribution in [0.15, 0.2) is 53.3 Å². The number of nitrogens with zero attached hydrogens (tertiary/aromatic N) is 2. The van der Waals surface area contributed by atoms with Crippen molar-refractivity contribution in [1.29, 1.82) is 0 Å². The molecule has 0 radical (unpaired) electrons. The Labute approximate surface area is 183 Å². The Morgan fingerprint density at radius 1 is 0.875 bits per heavy atom. The SMILES string of the molecule is CC(C(=O)Nc1ccc2c(c1)OCCO2)n1nc(-c2ccc3c(c2)OCCO3)ccc1=O. The average Bonchev–Trinajstić information content (AvgIpc) is 2.83. The number of nitrogens with one attached hydrogen (secondary N) is 1. The van der Waals surface area contributed by atoms with E-state index < -0.39 is 6.04 Å². The molecule has 1 atom stereocenters. The zero-order valence-corrected chi connectivity index (χ0v) is 17.4. The molecule has 0 spiro atoms. The molecule has 2 aromatic carbocycles.